The van der Waals surface area contributed by atoms with Gasteiger partial charge in [-0.2, -0.15) is 0 Å². The third-order valence-electron chi connectivity index (χ3n) is 4.58. The zero-order valence-corrected chi connectivity index (χ0v) is 14.6. The summed E-state index contributed by atoms with van der Waals surface area (Å²) in [6, 6.07) is 5.41. The highest BCUT2D eigenvalue weighted by Gasteiger charge is 2.27. The first kappa shape index (κ1) is 16.2. The smallest absolute Gasteiger partial charge is 0.349 e. The van der Waals surface area contributed by atoms with E-state index in [1.807, 2.05) is 12.1 Å². The van der Waals surface area contributed by atoms with E-state index in [-0.39, 0.29) is 11.5 Å². The Morgan fingerprint density at radius 2 is 2.09 bits per heavy atom. The van der Waals surface area contributed by atoms with Crippen LogP contribution in [-0.2, 0) is 0 Å². The second-order valence-electron chi connectivity index (χ2n) is 6.00. The van der Waals surface area contributed by atoms with Gasteiger partial charge in [0.2, 0.25) is 0 Å². The van der Waals surface area contributed by atoms with Crippen LogP contribution in [0.2, 0.25) is 0 Å². The molecule has 1 aliphatic rings. The molecule has 2 aromatic rings. The minimum absolute atomic E-state index is 0.141. The number of nitrogens with two attached hydrogens (primary N) is 1. The van der Waals surface area contributed by atoms with Crippen LogP contribution in [0, 0.1) is 12.8 Å². The number of piperidine rings is 1. The zero-order valence-electron chi connectivity index (χ0n) is 13.0. The van der Waals surface area contributed by atoms with Gasteiger partial charge in [-0.25, -0.2) is 4.79 Å². The SMILES string of the molecule is Cc1c(C(=O)N2CCC(CN)CC2)c(=O)oc2ccc(Br)cc12. The summed E-state index contributed by atoms with van der Waals surface area (Å²) in [7, 11) is 0. The number of carbonyl (C=O) groups excluding carboxylic acids is 1. The fraction of sp³-hybridized carbons (Fsp3) is 0.412. The number of aryl methyl sites for hydroxylation is 1. The third-order valence-corrected chi connectivity index (χ3v) is 5.07. The Labute approximate surface area is 142 Å². The Bertz CT molecular complexity index is 807. The van der Waals surface area contributed by atoms with Gasteiger partial charge in [0.15, 0.2) is 0 Å². The number of fused-ring (bicyclic) bond motifs is 1. The van der Waals surface area contributed by atoms with E-state index in [2.05, 4.69) is 15.9 Å². The standard InChI is InChI=1S/C17H19BrN2O3/c1-10-13-8-12(18)2-3-14(13)23-17(22)15(10)16(21)20-6-4-11(9-19)5-7-20/h2-3,8,11H,4-7,9,19H2,1H3. The van der Waals surface area contributed by atoms with Gasteiger partial charge in [0.05, 0.1) is 0 Å². The van der Waals surface area contributed by atoms with Crippen molar-refractivity contribution in [3.63, 3.8) is 0 Å². The lowest BCUT2D eigenvalue weighted by atomic mass is 9.96. The van der Waals surface area contributed by atoms with Crippen LogP contribution in [0.25, 0.3) is 11.0 Å². The van der Waals surface area contributed by atoms with Crippen LogP contribution in [0.1, 0.15) is 28.8 Å². The highest BCUT2D eigenvalue weighted by atomic mass is 79.9. The normalized spacial score (nSPS) is 16.0. The topological polar surface area (TPSA) is 76.5 Å². The van der Waals surface area contributed by atoms with Gasteiger partial charge in [-0.3, -0.25) is 4.79 Å². The van der Waals surface area contributed by atoms with Crippen LogP contribution in [0.5, 0.6) is 0 Å². The van der Waals surface area contributed by atoms with E-state index in [0.29, 0.717) is 36.7 Å². The van der Waals surface area contributed by atoms with Crippen LogP contribution < -0.4 is 11.4 Å². The number of hydrogen-bond donors (Lipinski definition) is 1. The first-order chi connectivity index (χ1) is 11.0. The Balaban J connectivity index is 1.99. The quantitative estimate of drug-likeness (QED) is 0.814. The Morgan fingerprint density at radius 1 is 1.39 bits per heavy atom. The van der Waals surface area contributed by atoms with Gasteiger partial charge in [-0.1, -0.05) is 15.9 Å². The van der Waals surface area contributed by atoms with Crippen LogP contribution >= 0.6 is 15.9 Å². The molecule has 1 amide bonds. The van der Waals surface area contributed by atoms with Gasteiger partial charge in [0.25, 0.3) is 5.91 Å². The number of likely N-dealkylation sites (tertiary alicyclic amines) is 1. The molecular formula is C17H19BrN2O3. The van der Waals surface area contributed by atoms with Crippen molar-refractivity contribution in [2.24, 2.45) is 11.7 Å². The summed E-state index contributed by atoms with van der Waals surface area (Å²) in [5.74, 6) is 0.220. The Hall–Kier alpha value is -1.66. The highest BCUT2D eigenvalue weighted by Crippen LogP contribution is 2.25. The molecule has 0 saturated carbocycles. The number of hydrogen-bond acceptors (Lipinski definition) is 4. The van der Waals surface area contributed by atoms with E-state index in [9.17, 15) is 9.59 Å². The summed E-state index contributed by atoms with van der Waals surface area (Å²) >= 11 is 3.41. The minimum atomic E-state index is -0.566. The molecule has 122 valence electrons. The lowest BCUT2D eigenvalue weighted by Crippen LogP contribution is -2.41. The van der Waals surface area contributed by atoms with Crippen LogP contribution in [0.15, 0.2) is 31.9 Å². The largest absolute Gasteiger partial charge is 0.422 e. The zero-order chi connectivity index (χ0) is 16.6. The number of rotatable bonds is 2. The van der Waals surface area contributed by atoms with Gasteiger partial charge in [0.1, 0.15) is 11.1 Å². The summed E-state index contributed by atoms with van der Waals surface area (Å²) in [5, 5.41) is 0.777. The maximum atomic E-state index is 12.8. The lowest BCUT2D eigenvalue weighted by Gasteiger charge is -2.31. The first-order valence-electron chi connectivity index (χ1n) is 7.73. The second-order valence-corrected chi connectivity index (χ2v) is 6.92. The molecule has 0 unspecified atom stereocenters. The number of benzene rings is 1. The molecule has 23 heavy (non-hydrogen) atoms. The minimum Gasteiger partial charge on any atom is -0.422 e. The predicted octanol–water partition coefficient (Wildman–Crippen LogP) is 2.67. The molecule has 1 aromatic carbocycles. The van der Waals surface area contributed by atoms with Gasteiger partial charge < -0.3 is 15.1 Å². The molecule has 5 nitrogen and oxygen atoms in total. The summed E-state index contributed by atoms with van der Waals surface area (Å²) in [6.45, 7) is 3.71. The summed E-state index contributed by atoms with van der Waals surface area (Å²) in [6.07, 6.45) is 1.76. The summed E-state index contributed by atoms with van der Waals surface area (Å²) in [4.78, 5) is 26.8. The van der Waals surface area contributed by atoms with Crippen LogP contribution in [0.4, 0.5) is 0 Å². The lowest BCUT2D eigenvalue weighted by molar-refractivity contribution is 0.0688. The Kier molecular flexibility index (Phi) is 4.55. The van der Waals surface area contributed by atoms with E-state index in [4.69, 9.17) is 10.2 Å². The van der Waals surface area contributed by atoms with Gasteiger partial charge in [0, 0.05) is 22.9 Å². The van der Waals surface area contributed by atoms with E-state index >= 15 is 0 Å². The van der Waals surface area contributed by atoms with Crippen molar-refractivity contribution < 1.29 is 9.21 Å². The molecule has 2 heterocycles. The molecule has 0 spiro atoms. The molecule has 0 atom stereocenters. The first-order valence-corrected chi connectivity index (χ1v) is 8.53. The fourth-order valence-electron chi connectivity index (χ4n) is 3.10. The number of halogens is 1. The molecule has 1 fully saturated rings. The van der Waals surface area contributed by atoms with Crippen molar-refractivity contribution in [3.05, 3.63) is 44.2 Å². The van der Waals surface area contributed by atoms with Gasteiger partial charge in [-0.05, 0) is 56.0 Å². The van der Waals surface area contributed by atoms with E-state index in [1.54, 1.807) is 17.9 Å². The van der Waals surface area contributed by atoms with Crippen molar-refractivity contribution in [3.8, 4) is 0 Å². The van der Waals surface area contributed by atoms with Crippen molar-refractivity contribution in [2.75, 3.05) is 19.6 Å². The molecule has 1 aromatic heterocycles. The second kappa shape index (κ2) is 6.45. The van der Waals surface area contributed by atoms with Crippen molar-refractivity contribution >= 4 is 32.8 Å². The molecule has 1 saturated heterocycles. The summed E-state index contributed by atoms with van der Waals surface area (Å²) in [5.41, 5.74) is 6.43. The number of amides is 1. The maximum Gasteiger partial charge on any atom is 0.349 e. The highest BCUT2D eigenvalue weighted by molar-refractivity contribution is 9.10. The molecule has 0 radical (unpaired) electrons. The van der Waals surface area contributed by atoms with Gasteiger partial charge >= 0.3 is 5.63 Å². The molecule has 1 aliphatic heterocycles. The van der Waals surface area contributed by atoms with Crippen molar-refractivity contribution in [1.29, 1.82) is 0 Å². The number of nitrogens with zero attached hydrogens (tertiary/aromatic N) is 1. The molecule has 2 N–H and O–H groups in total. The average Bonchev–Trinajstić information content (AvgIpc) is 2.55. The van der Waals surface area contributed by atoms with Crippen LogP contribution in [0.3, 0.4) is 0 Å². The molecule has 6 heteroatoms. The van der Waals surface area contributed by atoms with Gasteiger partial charge in [-0.15, -0.1) is 0 Å². The molecular weight excluding hydrogens is 360 g/mol. The summed E-state index contributed by atoms with van der Waals surface area (Å²) < 4.78 is 6.22. The third kappa shape index (κ3) is 3.05. The monoisotopic (exact) mass is 378 g/mol. The van der Waals surface area contributed by atoms with Crippen LogP contribution in [-0.4, -0.2) is 30.4 Å². The average molecular weight is 379 g/mol. The van der Waals surface area contributed by atoms with E-state index < -0.39 is 5.63 Å². The molecule has 0 aliphatic carbocycles. The molecule has 0 bridgehead atoms. The molecule has 3 rings (SSSR count). The van der Waals surface area contributed by atoms with Crippen molar-refractivity contribution in [2.45, 2.75) is 19.8 Å². The van der Waals surface area contributed by atoms with E-state index in [0.717, 1.165) is 22.7 Å². The number of carbonyl (C=O) groups is 1. The maximum absolute atomic E-state index is 12.8. The van der Waals surface area contributed by atoms with E-state index in [1.165, 1.54) is 0 Å². The van der Waals surface area contributed by atoms with Crippen molar-refractivity contribution in [1.82, 2.24) is 4.90 Å². The fourth-order valence-corrected chi connectivity index (χ4v) is 3.46. The Morgan fingerprint density at radius 3 is 2.74 bits per heavy atom. The predicted molar refractivity (Wildman–Crippen MR) is 92.6 cm³/mol.